The first kappa shape index (κ1) is 37.2. The highest BCUT2D eigenvalue weighted by Crippen LogP contribution is 2.29. The molecule has 3 aliphatic rings. The van der Waals surface area contributed by atoms with Gasteiger partial charge in [-0.3, -0.25) is 10.2 Å². The molecule has 7 nitrogen and oxygen atoms in total. The summed E-state index contributed by atoms with van der Waals surface area (Å²) in [7, 11) is 0. The van der Waals surface area contributed by atoms with E-state index >= 15 is 0 Å². The van der Waals surface area contributed by atoms with Gasteiger partial charge in [0.25, 0.3) is 0 Å². The number of aliphatic hydroxyl groups is 1. The van der Waals surface area contributed by atoms with E-state index in [9.17, 15) is 15.0 Å². The van der Waals surface area contributed by atoms with Crippen LogP contribution in [0.3, 0.4) is 0 Å². The third-order valence-corrected chi connectivity index (χ3v) is 10.9. The molecule has 0 saturated carbocycles. The number of nitrogens with one attached hydrogen (secondary N) is 1. The molecule has 0 radical (unpaired) electrons. The third kappa shape index (κ3) is 11.0. The number of aliphatic hydroxyl groups excluding tert-OH is 1. The van der Waals surface area contributed by atoms with E-state index in [-0.39, 0.29) is 29.2 Å². The zero-order valence-electron chi connectivity index (χ0n) is 29.1. The van der Waals surface area contributed by atoms with Gasteiger partial charge in [-0.2, -0.15) is 0 Å². The molecule has 1 saturated heterocycles. The number of alkyl halides is 1. The number of benzene rings is 3. The molecular formula is C42H49Cl2N3O4. The second-order valence-electron chi connectivity index (χ2n) is 14.0. The number of aromatic hydroxyl groups is 1. The minimum atomic E-state index is -0.596. The van der Waals surface area contributed by atoms with Crippen LogP contribution in [0.15, 0.2) is 97.1 Å². The Morgan fingerprint density at radius 3 is 2.43 bits per heavy atom. The summed E-state index contributed by atoms with van der Waals surface area (Å²) < 4.78 is 5.84. The van der Waals surface area contributed by atoms with Crippen LogP contribution < -0.4 is 5.32 Å². The lowest BCUT2D eigenvalue weighted by Gasteiger charge is -2.31. The van der Waals surface area contributed by atoms with Crippen molar-refractivity contribution in [1.29, 1.82) is 0 Å². The van der Waals surface area contributed by atoms with Gasteiger partial charge in [-0.1, -0.05) is 90.5 Å². The first-order valence-corrected chi connectivity index (χ1v) is 19.0. The number of para-hydroxylation sites is 1. The summed E-state index contributed by atoms with van der Waals surface area (Å²) in [5.74, 6) is 0.340. The maximum atomic E-state index is 12.8. The fourth-order valence-electron chi connectivity index (χ4n) is 7.15. The maximum Gasteiger partial charge on any atom is 0.411 e. The van der Waals surface area contributed by atoms with Crippen LogP contribution in [0.5, 0.6) is 5.75 Å². The summed E-state index contributed by atoms with van der Waals surface area (Å²) in [5, 5.41) is 23.0. The minimum Gasteiger partial charge on any atom is -0.506 e. The minimum absolute atomic E-state index is 0.0795. The Labute approximate surface area is 312 Å². The SMILES string of the molecule is O=C(Nc1ccccc1C1=CCCC=C1)OC1CCN(CCc2ccc(CCN(Cc3ccc(O)c(Cl)c3)CC3C=CC(O)C(Cl)C3)cc2)CC1. The summed E-state index contributed by atoms with van der Waals surface area (Å²) in [6, 6.07) is 22.2. The number of piperidine rings is 1. The van der Waals surface area contributed by atoms with Gasteiger partial charge in [0, 0.05) is 44.8 Å². The van der Waals surface area contributed by atoms with Crippen molar-refractivity contribution in [2.75, 3.05) is 38.0 Å². The van der Waals surface area contributed by atoms with Gasteiger partial charge in [-0.05, 0) is 91.3 Å². The Hall–Kier alpha value is -3.59. The standard InChI is InChI=1S/C42H49Cl2N3O4/c43-37-26-32(14-16-40(37)48)28-47(29-33-15-17-41(49)38(44)27-33)23-19-31-12-10-30(11-13-31)18-22-46-24-20-35(21-25-46)51-42(50)45-39-9-5-4-8-36(39)34-6-2-1-3-7-34/h2,4-17,26,33,35,38,41,48-49H,1,3,18-25,27-29H2,(H,45,50). The van der Waals surface area contributed by atoms with Gasteiger partial charge in [0.15, 0.2) is 0 Å². The van der Waals surface area contributed by atoms with Crippen LogP contribution >= 0.6 is 23.2 Å². The van der Waals surface area contributed by atoms with Crippen molar-refractivity contribution in [2.45, 2.75) is 69.1 Å². The summed E-state index contributed by atoms with van der Waals surface area (Å²) >= 11 is 12.6. The second kappa shape index (κ2) is 18.3. The molecule has 3 unspecified atom stereocenters. The highest BCUT2D eigenvalue weighted by Gasteiger charge is 2.25. The molecule has 0 aromatic heterocycles. The monoisotopic (exact) mass is 729 g/mol. The van der Waals surface area contributed by atoms with E-state index in [0.29, 0.717) is 11.6 Å². The van der Waals surface area contributed by atoms with Gasteiger partial charge in [0.2, 0.25) is 0 Å². The zero-order chi connectivity index (χ0) is 35.6. The number of phenols is 1. The molecule has 3 aromatic carbocycles. The molecular weight excluding hydrogens is 681 g/mol. The van der Waals surface area contributed by atoms with Gasteiger partial charge in [0.1, 0.15) is 11.9 Å². The summed E-state index contributed by atoms with van der Waals surface area (Å²) in [6.45, 7) is 5.17. The molecule has 1 aliphatic heterocycles. The van der Waals surface area contributed by atoms with E-state index in [1.165, 1.54) is 11.1 Å². The van der Waals surface area contributed by atoms with Crippen molar-refractivity contribution in [3.63, 3.8) is 0 Å². The van der Waals surface area contributed by atoms with Gasteiger partial charge in [0.05, 0.1) is 22.2 Å². The number of hydrogen-bond acceptors (Lipinski definition) is 6. The number of amides is 1. The molecule has 9 heteroatoms. The smallest absolute Gasteiger partial charge is 0.411 e. The molecule has 0 spiro atoms. The van der Waals surface area contributed by atoms with Crippen LogP contribution in [0, 0.1) is 5.92 Å². The van der Waals surface area contributed by atoms with Crippen molar-refractivity contribution in [3.05, 3.63) is 124 Å². The van der Waals surface area contributed by atoms with Crippen molar-refractivity contribution in [3.8, 4) is 5.75 Å². The Kier molecular flexibility index (Phi) is 13.3. The number of rotatable bonds is 13. The largest absolute Gasteiger partial charge is 0.506 e. The number of anilines is 1. The van der Waals surface area contributed by atoms with Gasteiger partial charge in [-0.15, -0.1) is 11.6 Å². The third-order valence-electron chi connectivity index (χ3n) is 10.1. The maximum absolute atomic E-state index is 12.8. The highest BCUT2D eigenvalue weighted by molar-refractivity contribution is 6.32. The number of carbonyl (C=O) groups excluding carboxylic acids is 1. The van der Waals surface area contributed by atoms with E-state index in [1.807, 2.05) is 42.5 Å². The average Bonchev–Trinajstić information content (AvgIpc) is 3.14. The fourth-order valence-corrected chi connectivity index (χ4v) is 7.67. The summed E-state index contributed by atoms with van der Waals surface area (Å²) in [6.07, 6.45) is 15.7. The van der Waals surface area contributed by atoms with Crippen LogP contribution in [-0.2, 0) is 24.1 Å². The Morgan fingerprint density at radius 2 is 1.71 bits per heavy atom. The average molecular weight is 731 g/mol. The van der Waals surface area contributed by atoms with Gasteiger partial charge < -0.3 is 19.8 Å². The molecule has 3 N–H and O–H groups in total. The van der Waals surface area contributed by atoms with Crippen molar-refractivity contribution < 1.29 is 19.7 Å². The van der Waals surface area contributed by atoms with Crippen molar-refractivity contribution in [1.82, 2.24) is 9.80 Å². The van der Waals surface area contributed by atoms with Crippen molar-refractivity contribution >= 4 is 40.6 Å². The molecule has 3 atom stereocenters. The number of carbonyl (C=O) groups is 1. The Balaban J connectivity index is 0.939. The van der Waals surface area contributed by atoms with E-state index in [2.05, 4.69) is 63.7 Å². The number of ether oxygens (including phenoxy) is 1. The molecule has 2 aliphatic carbocycles. The summed E-state index contributed by atoms with van der Waals surface area (Å²) in [5.41, 5.74) is 6.57. The van der Waals surface area contributed by atoms with Crippen LogP contribution in [-0.4, -0.2) is 76.4 Å². The highest BCUT2D eigenvalue weighted by atomic mass is 35.5. The van der Waals surface area contributed by atoms with E-state index in [4.69, 9.17) is 27.9 Å². The number of likely N-dealkylation sites (tertiary alicyclic amines) is 1. The van der Waals surface area contributed by atoms with Crippen molar-refractivity contribution in [2.24, 2.45) is 5.92 Å². The normalized spacial score (nSPS) is 21.1. The predicted molar refractivity (Wildman–Crippen MR) is 207 cm³/mol. The Bertz CT molecular complexity index is 1700. The van der Waals surface area contributed by atoms with Crippen LogP contribution in [0.2, 0.25) is 5.02 Å². The molecule has 1 heterocycles. The molecule has 6 rings (SSSR count). The Morgan fingerprint density at radius 1 is 0.961 bits per heavy atom. The molecule has 51 heavy (non-hydrogen) atoms. The second-order valence-corrected chi connectivity index (χ2v) is 14.9. The van der Waals surface area contributed by atoms with Crippen LogP contribution in [0.4, 0.5) is 10.5 Å². The molecule has 3 aromatic rings. The lowest BCUT2D eigenvalue weighted by Crippen LogP contribution is -2.39. The molecule has 1 amide bonds. The van der Waals surface area contributed by atoms with Crippen LogP contribution in [0.25, 0.3) is 5.57 Å². The summed E-state index contributed by atoms with van der Waals surface area (Å²) in [4.78, 5) is 17.7. The predicted octanol–water partition coefficient (Wildman–Crippen LogP) is 8.62. The lowest BCUT2D eigenvalue weighted by molar-refractivity contribution is 0.0593. The number of hydrogen-bond donors (Lipinski definition) is 3. The lowest BCUT2D eigenvalue weighted by atomic mass is 9.93. The number of halogens is 2. The number of phenolic OH excluding ortho intramolecular Hbond substituents is 1. The fraction of sp³-hybridized carbons (Fsp3) is 0.405. The first-order valence-electron chi connectivity index (χ1n) is 18.2. The van der Waals surface area contributed by atoms with Gasteiger partial charge >= 0.3 is 6.09 Å². The topological polar surface area (TPSA) is 85.3 Å². The zero-order valence-corrected chi connectivity index (χ0v) is 30.6. The number of nitrogens with zero attached hydrogens (tertiary/aromatic N) is 2. The van der Waals surface area contributed by atoms with Gasteiger partial charge in [-0.25, -0.2) is 4.79 Å². The quantitative estimate of drug-likeness (QED) is 0.121. The molecule has 270 valence electrons. The number of allylic oxidation sites excluding steroid dienone is 4. The van der Waals surface area contributed by atoms with E-state index < -0.39 is 6.10 Å². The molecule has 1 fully saturated rings. The van der Waals surface area contributed by atoms with E-state index in [1.54, 1.807) is 6.07 Å². The molecule has 0 bridgehead atoms. The first-order chi connectivity index (χ1) is 24.8. The van der Waals surface area contributed by atoms with Crippen LogP contribution in [0.1, 0.15) is 54.4 Å². The van der Waals surface area contributed by atoms with E-state index in [0.717, 1.165) is 100 Å².